The Hall–Kier alpha value is -1.31. The van der Waals surface area contributed by atoms with E-state index in [9.17, 15) is 9.90 Å². The van der Waals surface area contributed by atoms with Gasteiger partial charge in [0.25, 0.3) is 0 Å². The van der Waals surface area contributed by atoms with Crippen LogP contribution in [-0.2, 0) is 12.8 Å². The summed E-state index contributed by atoms with van der Waals surface area (Å²) in [6.07, 6.45) is 1.82. The molecule has 0 amide bonds. The summed E-state index contributed by atoms with van der Waals surface area (Å²) < 4.78 is 0. The fourth-order valence-corrected chi connectivity index (χ4v) is 1.33. The Kier molecular flexibility index (Phi) is 1.22. The summed E-state index contributed by atoms with van der Waals surface area (Å²) in [6, 6.07) is 4.98. The topological polar surface area (TPSA) is 37.3 Å². The van der Waals surface area contributed by atoms with Gasteiger partial charge in [0.2, 0.25) is 5.43 Å². The Labute approximate surface area is 64.1 Å². The predicted molar refractivity (Wildman–Crippen MR) is 41.8 cm³/mol. The highest BCUT2D eigenvalue weighted by molar-refractivity contribution is 5.43. The van der Waals surface area contributed by atoms with Gasteiger partial charge in [0.15, 0.2) is 5.75 Å². The molecule has 2 nitrogen and oxygen atoms in total. The van der Waals surface area contributed by atoms with E-state index >= 15 is 0 Å². The van der Waals surface area contributed by atoms with Gasteiger partial charge in [-0.25, -0.2) is 0 Å². The van der Waals surface area contributed by atoms with Crippen LogP contribution in [0.25, 0.3) is 0 Å². The third-order valence-electron chi connectivity index (χ3n) is 2.10. The summed E-state index contributed by atoms with van der Waals surface area (Å²) in [6.45, 7) is 0. The molecule has 0 saturated heterocycles. The molecule has 2 rings (SSSR count). The highest BCUT2D eigenvalue weighted by Gasteiger charge is 2.16. The summed E-state index contributed by atoms with van der Waals surface area (Å²) in [5, 5.41) is 9.29. The van der Waals surface area contributed by atoms with Gasteiger partial charge in [0.1, 0.15) is 0 Å². The van der Waals surface area contributed by atoms with E-state index in [2.05, 4.69) is 0 Å². The molecule has 1 aromatic rings. The average molecular weight is 148 g/mol. The first-order valence-electron chi connectivity index (χ1n) is 3.63. The zero-order chi connectivity index (χ0) is 7.84. The Morgan fingerprint density at radius 2 is 2.09 bits per heavy atom. The fraction of sp³-hybridized carbons (Fsp3) is 0.222. The van der Waals surface area contributed by atoms with Crippen molar-refractivity contribution in [1.29, 1.82) is 0 Å². The van der Waals surface area contributed by atoms with E-state index in [1.807, 2.05) is 6.07 Å². The van der Waals surface area contributed by atoms with Gasteiger partial charge >= 0.3 is 0 Å². The molecule has 56 valence electrons. The monoisotopic (exact) mass is 148 g/mol. The molecule has 1 aliphatic rings. The molecule has 0 bridgehead atoms. The van der Waals surface area contributed by atoms with Crippen LogP contribution >= 0.6 is 0 Å². The van der Waals surface area contributed by atoms with Gasteiger partial charge in [0.05, 0.1) is 0 Å². The zero-order valence-electron chi connectivity index (χ0n) is 6.00. The van der Waals surface area contributed by atoms with Crippen molar-refractivity contribution in [2.75, 3.05) is 0 Å². The zero-order valence-corrected chi connectivity index (χ0v) is 6.00. The molecule has 0 aromatic heterocycles. The van der Waals surface area contributed by atoms with Crippen LogP contribution in [0.5, 0.6) is 5.75 Å². The van der Waals surface area contributed by atoms with Crippen molar-refractivity contribution in [2.45, 2.75) is 12.8 Å². The summed E-state index contributed by atoms with van der Waals surface area (Å²) in [4.78, 5) is 11.0. The third-order valence-corrected chi connectivity index (χ3v) is 2.10. The minimum Gasteiger partial charge on any atom is -0.504 e. The molecule has 1 aromatic carbocycles. The predicted octanol–water partition coefficient (Wildman–Crippen LogP) is 0.851. The lowest BCUT2D eigenvalue weighted by Crippen LogP contribution is -2.08. The van der Waals surface area contributed by atoms with Gasteiger partial charge in [-0.3, -0.25) is 4.79 Å². The Bertz CT molecular complexity index is 355. The molecule has 0 heterocycles. The molecule has 11 heavy (non-hydrogen) atoms. The van der Waals surface area contributed by atoms with Gasteiger partial charge in [-0.2, -0.15) is 0 Å². The average Bonchev–Trinajstić information content (AvgIpc) is 2.00. The number of fused-ring (bicyclic) bond motifs is 1. The molecule has 0 radical (unpaired) electrons. The maximum absolute atomic E-state index is 11.0. The maximum atomic E-state index is 11.0. The Morgan fingerprint density at radius 1 is 1.27 bits per heavy atom. The molecule has 0 atom stereocenters. The molecule has 0 saturated carbocycles. The molecule has 1 aliphatic carbocycles. The second-order valence-corrected chi connectivity index (χ2v) is 2.74. The largest absolute Gasteiger partial charge is 0.504 e. The standard InChI is InChI=1S/C9H8O2/c10-8-3-1-2-6-4-5-7(6)9(8)11/h1-3H,4-5H2,(H,10,11). The number of aromatic hydroxyl groups is 1. The second-order valence-electron chi connectivity index (χ2n) is 2.74. The SMILES string of the molecule is O=c1cccc2c(c1O)CC2. The van der Waals surface area contributed by atoms with Crippen LogP contribution in [-0.4, -0.2) is 5.11 Å². The minimum atomic E-state index is -0.272. The first-order chi connectivity index (χ1) is 5.29. The van der Waals surface area contributed by atoms with Gasteiger partial charge in [0, 0.05) is 5.56 Å². The number of hydrogen-bond donors (Lipinski definition) is 1. The molecule has 2 heteroatoms. The van der Waals surface area contributed by atoms with E-state index in [1.165, 1.54) is 6.07 Å². The molecule has 0 fully saturated rings. The highest BCUT2D eigenvalue weighted by Crippen LogP contribution is 2.26. The van der Waals surface area contributed by atoms with Crippen LogP contribution in [0, 0.1) is 0 Å². The quantitative estimate of drug-likeness (QED) is 0.592. The van der Waals surface area contributed by atoms with E-state index in [-0.39, 0.29) is 11.2 Å². The van der Waals surface area contributed by atoms with Crippen molar-refractivity contribution < 1.29 is 5.11 Å². The second kappa shape index (κ2) is 2.09. The van der Waals surface area contributed by atoms with Crippen LogP contribution in [0.3, 0.4) is 0 Å². The van der Waals surface area contributed by atoms with Crippen molar-refractivity contribution >= 4 is 0 Å². The van der Waals surface area contributed by atoms with Crippen LogP contribution in [0.2, 0.25) is 0 Å². The van der Waals surface area contributed by atoms with E-state index in [4.69, 9.17) is 0 Å². The van der Waals surface area contributed by atoms with Crippen molar-refractivity contribution in [3.05, 3.63) is 39.5 Å². The lowest BCUT2D eigenvalue weighted by Gasteiger charge is -2.15. The maximum Gasteiger partial charge on any atom is 0.220 e. The van der Waals surface area contributed by atoms with Crippen molar-refractivity contribution in [1.82, 2.24) is 0 Å². The van der Waals surface area contributed by atoms with E-state index in [0.717, 1.165) is 24.0 Å². The van der Waals surface area contributed by atoms with Crippen molar-refractivity contribution in [2.24, 2.45) is 0 Å². The molecule has 0 spiro atoms. The first-order valence-corrected chi connectivity index (χ1v) is 3.63. The normalized spacial score (nSPS) is 13.5. The van der Waals surface area contributed by atoms with Crippen LogP contribution in [0.1, 0.15) is 11.1 Å². The van der Waals surface area contributed by atoms with E-state index < -0.39 is 0 Å². The first kappa shape index (κ1) is 6.40. The summed E-state index contributed by atoms with van der Waals surface area (Å²) in [7, 11) is 0. The summed E-state index contributed by atoms with van der Waals surface area (Å²) >= 11 is 0. The summed E-state index contributed by atoms with van der Waals surface area (Å²) in [5.74, 6) is -0.0590. The number of aryl methyl sites for hydroxylation is 1. The smallest absolute Gasteiger partial charge is 0.220 e. The Morgan fingerprint density at radius 3 is 2.73 bits per heavy atom. The third kappa shape index (κ3) is 0.827. The van der Waals surface area contributed by atoms with Crippen LogP contribution in [0.15, 0.2) is 23.0 Å². The fourth-order valence-electron chi connectivity index (χ4n) is 1.33. The Balaban J connectivity index is 2.83. The molecular weight excluding hydrogens is 140 g/mol. The van der Waals surface area contributed by atoms with Crippen molar-refractivity contribution in [3.8, 4) is 5.75 Å². The lowest BCUT2D eigenvalue weighted by atomic mass is 9.90. The molecule has 1 N–H and O–H groups in total. The van der Waals surface area contributed by atoms with Gasteiger partial charge in [-0.05, 0) is 24.5 Å². The van der Waals surface area contributed by atoms with Crippen molar-refractivity contribution in [3.63, 3.8) is 0 Å². The minimum absolute atomic E-state index is 0.0590. The van der Waals surface area contributed by atoms with E-state index in [0.29, 0.717) is 0 Å². The molecule has 0 unspecified atom stereocenters. The van der Waals surface area contributed by atoms with Crippen LogP contribution < -0.4 is 5.43 Å². The van der Waals surface area contributed by atoms with E-state index in [1.54, 1.807) is 6.07 Å². The molecule has 0 aliphatic heterocycles. The highest BCUT2D eigenvalue weighted by atomic mass is 16.3. The van der Waals surface area contributed by atoms with Gasteiger partial charge < -0.3 is 5.11 Å². The lowest BCUT2D eigenvalue weighted by molar-refractivity contribution is 0.458. The van der Waals surface area contributed by atoms with Gasteiger partial charge in [-0.15, -0.1) is 0 Å². The number of hydrogen-bond acceptors (Lipinski definition) is 2. The van der Waals surface area contributed by atoms with Gasteiger partial charge in [-0.1, -0.05) is 12.1 Å². The number of rotatable bonds is 0. The molecular formula is C9H8O2. The summed E-state index contributed by atoms with van der Waals surface area (Å²) in [5.41, 5.74) is 1.66. The van der Waals surface area contributed by atoms with Crippen LogP contribution in [0.4, 0.5) is 0 Å².